The van der Waals surface area contributed by atoms with Crippen LogP contribution in [-0.4, -0.2) is 24.3 Å². The number of hydrogen-bond acceptors (Lipinski definition) is 3. The van der Waals surface area contributed by atoms with Gasteiger partial charge in [-0.2, -0.15) is 0 Å². The zero-order valence-electron chi connectivity index (χ0n) is 12.0. The van der Waals surface area contributed by atoms with Crippen molar-refractivity contribution in [2.45, 2.75) is 32.7 Å². The molecule has 108 valence electrons. The predicted octanol–water partition coefficient (Wildman–Crippen LogP) is 2.71. The Morgan fingerprint density at radius 2 is 1.95 bits per heavy atom. The standard InChI is InChI=1S/C16H22N2O2/c1-2-3-6-18-11-12(4-5-17)13-9-15-16(10-14(13)18)20-8-7-19-15/h9-11H,2-8,17H2,1H3. The number of rotatable bonds is 5. The van der Waals surface area contributed by atoms with Gasteiger partial charge in [0.25, 0.3) is 0 Å². The molecule has 0 saturated carbocycles. The van der Waals surface area contributed by atoms with Gasteiger partial charge in [-0.05, 0) is 31.0 Å². The van der Waals surface area contributed by atoms with Crippen LogP contribution in [0.4, 0.5) is 0 Å². The fraction of sp³-hybridized carbons (Fsp3) is 0.500. The van der Waals surface area contributed by atoms with Crippen molar-refractivity contribution in [1.29, 1.82) is 0 Å². The van der Waals surface area contributed by atoms with E-state index in [4.69, 9.17) is 15.2 Å². The first-order chi connectivity index (χ1) is 9.83. The average molecular weight is 274 g/mol. The van der Waals surface area contributed by atoms with Gasteiger partial charge in [-0.25, -0.2) is 0 Å². The highest BCUT2D eigenvalue weighted by atomic mass is 16.6. The maximum absolute atomic E-state index is 5.73. The molecule has 0 amide bonds. The largest absolute Gasteiger partial charge is 0.486 e. The van der Waals surface area contributed by atoms with E-state index in [1.54, 1.807) is 0 Å². The van der Waals surface area contributed by atoms with Crippen molar-refractivity contribution in [1.82, 2.24) is 4.57 Å². The third kappa shape index (κ3) is 2.36. The minimum atomic E-state index is 0.626. The number of aryl methyl sites for hydroxylation is 1. The molecule has 1 aliphatic rings. The molecule has 2 heterocycles. The molecule has 0 aliphatic carbocycles. The van der Waals surface area contributed by atoms with Crippen LogP contribution >= 0.6 is 0 Å². The lowest BCUT2D eigenvalue weighted by atomic mass is 10.1. The van der Waals surface area contributed by atoms with Gasteiger partial charge in [0.05, 0.1) is 5.52 Å². The fourth-order valence-corrected chi connectivity index (χ4v) is 2.77. The topological polar surface area (TPSA) is 49.4 Å². The molecule has 2 aromatic rings. The summed E-state index contributed by atoms with van der Waals surface area (Å²) in [5.41, 5.74) is 8.26. The van der Waals surface area contributed by atoms with Crippen LogP contribution < -0.4 is 15.2 Å². The van der Waals surface area contributed by atoms with Gasteiger partial charge in [-0.1, -0.05) is 13.3 Å². The van der Waals surface area contributed by atoms with E-state index in [1.165, 1.54) is 29.3 Å². The molecule has 20 heavy (non-hydrogen) atoms. The summed E-state index contributed by atoms with van der Waals surface area (Å²) in [5.74, 6) is 1.72. The molecule has 4 heteroatoms. The molecular formula is C16H22N2O2. The predicted molar refractivity (Wildman–Crippen MR) is 80.6 cm³/mol. The molecule has 1 aromatic carbocycles. The van der Waals surface area contributed by atoms with Crippen molar-refractivity contribution >= 4 is 10.9 Å². The van der Waals surface area contributed by atoms with Gasteiger partial charge in [0.15, 0.2) is 11.5 Å². The Balaban J connectivity index is 2.09. The molecule has 0 spiro atoms. The number of aromatic nitrogens is 1. The zero-order chi connectivity index (χ0) is 13.9. The van der Waals surface area contributed by atoms with E-state index in [0.717, 1.165) is 24.5 Å². The normalized spacial score (nSPS) is 13.9. The third-order valence-corrected chi connectivity index (χ3v) is 3.79. The molecular weight excluding hydrogens is 252 g/mol. The second-order valence-corrected chi connectivity index (χ2v) is 5.25. The van der Waals surface area contributed by atoms with E-state index in [2.05, 4.69) is 29.8 Å². The molecule has 1 aromatic heterocycles. The Labute approximate surface area is 119 Å². The summed E-state index contributed by atoms with van der Waals surface area (Å²) in [6, 6.07) is 4.22. The van der Waals surface area contributed by atoms with E-state index in [0.29, 0.717) is 19.8 Å². The van der Waals surface area contributed by atoms with Gasteiger partial charge in [-0.3, -0.25) is 0 Å². The molecule has 0 bridgehead atoms. The van der Waals surface area contributed by atoms with Gasteiger partial charge in [-0.15, -0.1) is 0 Å². The van der Waals surface area contributed by atoms with Gasteiger partial charge >= 0.3 is 0 Å². The number of nitrogens with two attached hydrogens (primary N) is 1. The fourth-order valence-electron chi connectivity index (χ4n) is 2.77. The van der Waals surface area contributed by atoms with Crippen molar-refractivity contribution in [3.63, 3.8) is 0 Å². The Hall–Kier alpha value is -1.68. The molecule has 4 nitrogen and oxygen atoms in total. The van der Waals surface area contributed by atoms with E-state index in [1.807, 2.05) is 0 Å². The number of ether oxygens (including phenoxy) is 2. The van der Waals surface area contributed by atoms with E-state index in [9.17, 15) is 0 Å². The monoisotopic (exact) mass is 274 g/mol. The van der Waals surface area contributed by atoms with Crippen LogP contribution in [0.2, 0.25) is 0 Å². The highest BCUT2D eigenvalue weighted by molar-refractivity contribution is 5.87. The Morgan fingerprint density at radius 3 is 2.65 bits per heavy atom. The summed E-state index contributed by atoms with van der Waals surface area (Å²) in [7, 11) is 0. The van der Waals surface area contributed by atoms with Crippen LogP contribution in [0.15, 0.2) is 18.3 Å². The maximum Gasteiger partial charge on any atom is 0.163 e. The Morgan fingerprint density at radius 1 is 1.20 bits per heavy atom. The SMILES string of the molecule is CCCCn1cc(CCN)c2cc3c(cc21)OCCO3. The molecule has 0 radical (unpaired) electrons. The quantitative estimate of drug-likeness (QED) is 0.912. The van der Waals surface area contributed by atoms with Gasteiger partial charge in [0.2, 0.25) is 0 Å². The highest BCUT2D eigenvalue weighted by Crippen LogP contribution is 2.36. The molecule has 0 unspecified atom stereocenters. The number of unbranched alkanes of at least 4 members (excludes halogenated alkanes) is 1. The van der Waals surface area contributed by atoms with Crippen LogP contribution in [0.5, 0.6) is 11.5 Å². The lowest BCUT2D eigenvalue weighted by Gasteiger charge is -2.18. The van der Waals surface area contributed by atoms with E-state index >= 15 is 0 Å². The number of hydrogen-bond donors (Lipinski definition) is 1. The van der Waals surface area contributed by atoms with E-state index in [-0.39, 0.29) is 0 Å². The van der Waals surface area contributed by atoms with E-state index < -0.39 is 0 Å². The lowest BCUT2D eigenvalue weighted by molar-refractivity contribution is 0.172. The second-order valence-electron chi connectivity index (χ2n) is 5.25. The molecule has 0 saturated heterocycles. The van der Waals surface area contributed by atoms with Crippen molar-refractivity contribution in [3.05, 3.63) is 23.9 Å². The van der Waals surface area contributed by atoms with Crippen LogP contribution in [0.25, 0.3) is 10.9 Å². The van der Waals surface area contributed by atoms with Gasteiger partial charge < -0.3 is 19.8 Å². The summed E-state index contributed by atoms with van der Waals surface area (Å²) in [4.78, 5) is 0. The lowest BCUT2D eigenvalue weighted by Crippen LogP contribution is -2.15. The van der Waals surface area contributed by atoms with Crippen LogP contribution in [-0.2, 0) is 13.0 Å². The number of nitrogens with zero attached hydrogens (tertiary/aromatic N) is 1. The molecule has 1 aliphatic heterocycles. The Bertz CT molecular complexity index is 604. The first-order valence-electron chi connectivity index (χ1n) is 7.45. The first-order valence-corrected chi connectivity index (χ1v) is 7.45. The minimum absolute atomic E-state index is 0.626. The third-order valence-electron chi connectivity index (χ3n) is 3.79. The molecule has 2 N–H and O–H groups in total. The van der Waals surface area contributed by atoms with Crippen molar-refractivity contribution in [2.24, 2.45) is 5.73 Å². The maximum atomic E-state index is 5.73. The smallest absolute Gasteiger partial charge is 0.163 e. The van der Waals surface area contributed by atoms with Crippen LogP contribution in [0.1, 0.15) is 25.3 Å². The molecule has 0 fully saturated rings. The summed E-state index contributed by atoms with van der Waals surface area (Å²) in [5, 5.41) is 1.25. The minimum Gasteiger partial charge on any atom is -0.486 e. The average Bonchev–Trinajstić information content (AvgIpc) is 2.81. The van der Waals surface area contributed by atoms with Crippen molar-refractivity contribution < 1.29 is 9.47 Å². The summed E-state index contributed by atoms with van der Waals surface area (Å²) in [6.07, 6.45) is 5.50. The molecule has 0 atom stereocenters. The Kier molecular flexibility index (Phi) is 3.83. The number of fused-ring (bicyclic) bond motifs is 2. The van der Waals surface area contributed by atoms with Crippen LogP contribution in [0, 0.1) is 0 Å². The van der Waals surface area contributed by atoms with Gasteiger partial charge in [0.1, 0.15) is 13.2 Å². The van der Waals surface area contributed by atoms with Crippen molar-refractivity contribution in [2.75, 3.05) is 19.8 Å². The summed E-state index contributed by atoms with van der Waals surface area (Å²) in [6.45, 7) is 5.18. The second kappa shape index (κ2) is 5.75. The first kappa shape index (κ1) is 13.3. The summed E-state index contributed by atoms with van der Waals surface area (Å²) < 4.78 is 13.7. The number of benzene rings is 1. The highest BCUT2D eigenvalue weighted by Gasteiger charge is 2.16. The van der Waals surface area contributed by atoms with Crippen molar-refractivity contribution in [3.8, 4) is 11.5 Å². The summed E-state index contributed by atoms with van der Waals surface area (Å²) >= 11 is 0. The van der Waals surface area contributed by atoms with Gasteiger partial charge in [0, 0.05) is 24.2 Å². The molecule has 3 rings (SSSR count). The zero-order valence-corrected chi connectivity index (χ0v) is 12.0. The van der Waals surface area contributed by atoms with Crippen LogP contribution in [0.3, 0.4) is 0 Å².